The normalized spacial score (nSPS) is 8.67. The molecule has 0 rings (SSSR count). The van der Waals surface area contributed by atoms with Crippen molar-refractivity contribution in [3.05, 3.63) is 0 Å². The van der Waals surface area contributed by atoms with Crippen LogP contribution in [0.4, 0.5) is 13.2 Å². The molecule has 0 saturated heterocycles. The zero-order valence-electron chi connectivity index (χ0n) is 5.57. The number of carboxylic acids is 2. The van der Waals surface area contributed by atoms with Gasteiger partial charge in [0.25, 0.3) is 0 Å². The van der Waals surface area contributed by atoms with Crippen LogP contribution in [-0.2, 0) is 26.7 Å². The standard InChI is InChI=1S/C2HF3O2.C2H4O2.Cu/c3-2(4,5)1(6)7;1-2(3)4;/h(H,6,7);1H3,(H,3,4);/q;;+2/p-2. The summed E-state index contributed by atoms with van der Waals surface area (Å²) in [5, 5.41) is 17.7. The number of carboxylic acid groups (broad SMARTS) is 2. The monoisotopic (exact) mass is 235 g/mol. The van der Waals surface area contributed by atoms with Crippen molar-refractivity contribution in [2.45, 2.75) is 13.1 Å². The fourth-order valence-corrected chi connectivity index (χ4v) is 0. The number of aliphatic carboxylic acids is 2. The van der Waals surface area contributed by atoms with E-state index in [1.165, 1.54) is 0 Å². The average molecular weight is 236 g/mol. The average Bonchev–Trinajstić information content (AvgIpc) is 1.59. The summed E-state index contributed by atoms with van der Waals surface area (Å²) in [4.78, 5) is 17.7. The smallest absolute Gasteiger partial charge is 0.550 e. The molecule has 0 spiro atoms. The minimum atomic E-state index is -5.19. The Morgan fingerprint density at radius 1 is 1.17 bits per heavy atom. The minimum Gasteiger partial charge on any atom is -0.550 e. The van der Waals surface area contributed by atoms with E-state index in [1.54, 1.807) is 0 Å². The van der Waals surface area contributed by atoms with Crippen molar-refractivity contribution in [1.29, 1.82) is 0 Å². The van der Waals surface area contributed by atoms with E-state index in [9.17, 15) is 13.2 Å². The Kier molecular flexibility index (Phi) is 10.0. The number of rotatable bonds is 0. The van der Waals surface area contributed by atoms with Gasteiger partial charge in [-0.3, -0.25) is 0 Å². The van der Waals surface area contributed by atoms with E-state index in [-0.39, 0.29) is 17.1 Å². The van der Waals surface area contributed by atoms with Gasteiger partial charge >= 0.3 is 23.2 Å². The van der Waals surface area contributed by atoms with Crippen molar-refractivity contribution in [1.82, 2.24) is 0 Å². The van der Waals surface area contributed by atoms with Gasteiger partial charge in [0, 0.05) is 5.97 Å². The van der Waals surface area contributed by atoms with Crippen LogP contribution in [0, 0.1) is 0 Å². The van der Waals surface area contributed by atoms with Gasteiger partial charge in [0.15, 0.2) is 0 Å². The first-order chi connectivity index (χ1) is 4.68. The molecular weight excluding hydrogens is 233 g/mol. The summed E-state index contributed by atoms with van der Waals surface area (Å²) in [7, 11) is 0. The molecule has 0 atom stereocenters. The van der Waals surface area contributed by atoms with Gasteiger partial charge in [0.2, 0.25) is 0 Å². The Morgan fingerprint density at radius 2 is 1.25 bits per heavy atom. The minimum absolute atomic E-state index is 0. The van der Waals surface area contributed by atoms with Crippen LogP contribution in [0.25, 0.3) is 0 Å². The molecule has 0 aromatic carbocycles. The van der Waals surface area contributed by atoms with Crippen LogP contribution in [0.2, 0.25) is 0 Å². The maximum absolute atomic E-state index is 10.5. The predicted octanol–water partition coefficient (Wildman–Crippen LogP) is -1.95. The molecule has 0 fully saturated rings. The van der Waals surface area contributed by atoms with Crippen molar-refractivity contribution < 1.29 is 50.0 Å². The first-order valence-corrected chi connectivity index (χ1v) is 2.13. The van der Waals surface area contributed by atoms with Crippen molar-refractivity contribution in [3.8, 4) is 0 Å². The largest absolute Gasteiger partial charge is 2.00 e. The van der Waals surface area contributed by atoms with E-state index in [4.69, 9.17) is 19.8 Å². The van der Waals surface area contributed by atoms with Gasteiger partial charge in [0.05, 0.1) is 0 Å². The second-order valence-electron chi connectivity index (χ2n) is 1.28. The summed E-state index contributed by atoms with van der Waals surface area (Å²) in [6.07, 6.45) is -5.19. The Morgan fingerprint density at radius 3 is 1.25 bits per heavy atom. The first-order valence-electron chi connectivity index (χ1n) is 2.13. The Labute approximate surface area is 75.8 Å². The van der Waals surface area contributed by atoms with E-state index in [0.717, 1.165) is 6.92 Å². The van der Waals surface area contributed by atoms with E-state index in [2.05, 4.69) is 0 Å². The fourth-order valence-electron chi connectivity index (χ4n) is 0. The van der Waals surface area contributed by atoms with Crippen LogP contribution in [0.5, 0.6) is 0 Å². The number of carbonyl (C=O) groups excluding carboxylic acids is 2. The molecule has 0 aliphatic rings. The zero-order chi connectivity index (χ0) is 9.65. The molecule has 0 aliphatic heterocycles. The maximum Gasteiger partial charge on any atom is 2.00 e. The third-order valence-electron chi connectivity index (χ3n) is 0.231. The van der Waals surface area contributed by atoms with Crippen LogP contribution >= 0.6 is 0 Å². The molecule has 0 amide bonds. The summed E-state index contributed by atoms with van der Waals surface area (Å²) in [5.74, 6) is -4.09. The van der Waals surface area contributed by atoms with Crippen LogP contribution < -0.4 is 10.2 Å². The van der Waals surface area contributed by atoms with Gasteiger partial charge < -0.3 is 19.8 Å². The van der Waals surface area contributed by atoms with Gasteiger partial charge in [-0.05, 0) is 6.92 Å². The molecule has 8 heteroatoms. The molecule has 1 radical (unpaired) electrons. The van der Waals surface area contributed by atoms with E-state index in [1.807, 2.05) is 0 Å². The van der Waals surface area contributed by atoms with E-state index in [0.29, 0.717) is 0 Å². The fraction of sp³-hybridized carbons (Fsp3) is 0.500. The molecule has 75 valence electrons. The summed E-state index contributed by atoms with van der Waals surface area (Å²) in [6.45, 7) is 0.972. The third kappa shape index (κ3) is 22.8. The van der Waals surface area contributed by atoms with Crippen LogP contribution in [0.1, 0.15) is 6.92 Å². The van der Waals surface area contributed by atoms with Gasteiger partial charge in [-0.15, -0.1) is 0 Å². The van der Waals surface area contributed by atoms with Crippen LogP contribution in [0.15, 0.2) is 0 Å². The van der Waals surface area contributed by atoms with Gasteiger partial charge in [0.1, 0.15) is 5.97 Å². The van der Waals surface area contributed by atoms with Gasteiger partial charge in [-0.2, -0.15) is 13.2 Å². The summed E-state index contributed by atoms with van der Waals surface area (Å²) in [6, 6.07) is 0. The summed E-state index contributed by atoms with van der Waals surface area (Å²) in [5.41, 5.74) is 0. The Bertz CT molecular complexity index is 151. The number of halogens is 3. The molecule has 4 nitrogen and oxygen atoms in total. The van der Waals surface area contributed by atoms with Crippen molar-refractivity contribution in [3.63, 3.8) is 0 Å². The third-order valence-corrected chi connectivity index (χ3v) is 0.231. The quantitative estimate of drug-likeness (QED) is 0.457. The molecular formula is C4H3CuF3O4. The molecule has 0 aromatic rings. The van der Waals surface area contributed by atoms with Gasteiger partial charge in [-0.1, -0.05) is 0 Å². The number of hydrogen-bond donors (Lipinski definition) is 0. The second-order valence-corrected chi connectivity index (χ2v) is 1.28. The molecule has 0 saturated carbocycles. The van der Waals surface area contributed by atoms with E-state index < -0.39 is 18.1 Å². The van der Waals surface area contributed by atoms with Crippen LogP contribution in [0.3, 0.4) is 0 Å². The Balaban J connectivity index is -0.000000142. The van der Waals surface area contributed by atoms with Gasteiger partial charge in [-0.25, -0.2) is 0 Å². The van der Waals surface area contributed by atoms with Crippen LogP contribution in [-0.4, -0.2) is 18.1 Å². The topological polar surface area (TPSA) is 80.3 Å². The molecule has 0 aliphatic carbocycles. The van der Waals surface area contributed by atoms with Crippen molar-refractivity contribution in [2.75, 3.05) is 0 Å². The molecule has 0 unspecified atom stereocenters. The summed E-state index contributed by atoms with van der Waals surface area (Å²) >= 11 is 0. The second kappa shape index (κ2) is 6.93. The first kappa shape index (κ1) is 17.4. The van der Waals surface area contributed by atoms with Crippen molar-refractivity contribution in [2.24, 2.45) is 0 Å². The maximum atomic E-state index is 10.5. The molecule has 0 N–H and O–H groups in total. The Hall–Kier alpha value is -0.751. The molecule has 0 bridgehead atoms. The van der Waals surface area contributed by atoms with Crippen molar-refractivity contribution >= 4 is 11.9 Å². The SMILES string of the molecule is CC(=O)[O-].O=C([O-])C(F)(F)F.[Cu+2]. The number of alkyl halides is 3. The molecule has 0 heterocycles. The number of carbonyl (C=O) groups is 2. The molecule has 0 aromatic heterocycles. The van der Waals surface area contributed by atoms with E-state index >= 15 is 0 Å². The predicted molar refractivity (Wildman–Crippen MR) is 21.7 cm³/mol. The summed E-state index contributed by atoms with van der Waals surface area (Å²) < 4.78 is 31.5. The number of hydrogen-bond acceptors (Lipinski definition) is 4. The molecule has 12 heavy (non-hydrogen) atoms. The zero-order valence-corrected chi connectivity index (χ0v) is 6.51.